The number of aromatic nitrogens is 1. The van der Waals surface area contributed by atoms with Gasteiger partial charge in [0.1, 0.15) is 18.5 Å². The highest BCUT2D eigenvalue weighted by Crippen LogP contribution is 2.37. The van der Waals surface area contributed by atoms with Crippen LogP contribution in [0, 0.1) is 0 Å². The molecule has 10 heteroatoms. The molecule has 2 rings (SSSR count). The van der Waals surface area contributed by atoms with Crippen LogP contribution in [0.25, 0.3) is 0 Å². The molecule has 0 bridgehead atoms. The minimum Gasteiger partial charge on any atom is -0.366 e. The van der Waals surface area contributed by atoms with Crippen molar-refractivity contribution in [2.45, 2.75) is 19.5 Å². The summed E-state index contributed by atoms with van der Waals surface area (Å²) in [7, 11) is 0. The summed E-state index contributed by atoms with van der Waals surface area (Å²) in [5.41, 5.74) is 2.79. The first-order chi connectivity index (χ1) is 11.7. The lowest BCUT2D eigenvalue weighted by Crippen LogP contribution is -2.16. The number of nitrogens with two attached hydrogens (primary N) is 1. The van der Waals surface area contributed by atoms with Gasteiger partial charge in [-0.25, -0.2) is 13.8 Å². The van der Waals surface area contributed by atoms with Gasteiger partial charge in [0.25, 0.3) is 5.91 Å². The fourth-order valence-electron chi connectivity index (χ4n) is 2.15. The molecule has 0 saturated heterocycles. The Bertz CT molecular complexity index is 810. The van der Waals surface area contributed by atoms with Gasteiger partial charge in [0.15, 0.2) is 0 Å². The van der Waals surface area contributed by atoms with Gasteiger partial charge >= 0.3 is 6.18 Å². The van der Waals surface area contributed by atoms with Crippen LogP contribution in [-0.4, -0.2) is 10.9 Å². The van der Waals surface area contributed by atoms with E-state index in [2.05, 4.69) is 10.3 Å². The minimum absolute atomic E-state index is 0.120. The minimum atomic E-state index is -4.76. The fraction of sp³-hybridized carbons (Fsp3) is 0.200. The van der Waals surface area contributed by atoms with Gasteiger partial charge in [-0.3, -0.25) is 4.79 Å². The topological polar surface area (TPSA) is 68.0 Å². The molecule has 3 N–H and O–H groups in total. The fourth-order valence-corrected chi connectivity index (χ4v) is 2.31. The van der Waals surface area contributed by atoms with Crippen LogP contribution < -0.4 is 11.1 Å². The molecule has 25 heavy (non-hydrogen) atoms. The number of benzene rings is 1. The molecule has 4 nitrogen and oxygen atoms in total. The molecule has 0 saturated carbocycles. The van der Waals surface area contributed by atoms with Crippen LogP contribution in [0.15, 0.2) is 24.4 Å². The number of nitrogens with zero attached hydrogens (tertiary/aromatic N) is 1. The Kier molecular flexibility index (Phi) is 5.46. The van der Waals surface area contributed by atoms with Gasteiger partial charge in [-0.05, 0) is 29.3 Å². The smallest absolute Gasteiger partial charge is 0.366 e. The van der Waals surface area contributed by atoms with Crippen LogP contribution in [-0.2, 0) is 19.5 Å². The van der Waals surface area contributed by atoms with E-state index < -0.39 is 36.7 Å². The van der Waals surface area contributed by atoms with Crippen LogP contribution in [0.3, 0.4) is 0 Å². The number of amides is 1. The molecule has 0 aliphatic rings. The van der Waals surface area contributed by atoms with Crippen molar-refractivity contribution in [3.63, 3.8) is 0 Å². The Morgan fingerprint density at radius 2 is 1.72 bits per heavy atom. The largest absolute Gasteiger partial charge is 0.419 e. The summed E-state index contributed by atoms with van der Waals surface area (Å²) < 4.78 is 65.2. The molecule has 0 aliphatic heterocycles. The predicted octanol–water partition coefficient (Wildman–Crippen LogP) is 4.54. The third kappa shape index (κ3) is 4.16. The molecule has 0 atom stereocenters. The third-order valence-corrected chi connectivity index (χ3v) is 3.55. The van der Waals surface area contributed by atoms with Crippen molar-refractivity contribution in [3.8, 4) is 0 Å². The standard InChI is InChI=1S/C15H11ClF5N3O/c16-13-3-12(10(6-23-13)15(19,20)21)24-11-2-8(5-18)7(4-17)1-9(11)14(22)25/h1-3,6H,4-5H2,(H2,22,25)(H,23,24). The van der Waals surface area contributed by atoms with E-state index in [1.54, 1.807) is 0 Å². The second-order valence-corrected chi connectivity index (χ2v) is 5.36. The molecule has 2 aromatic rings. The van der Waals surface area contributed by atoms with Gasteiger partial charge in [0, 0.05) is 6.20 Å². The van der Waals surface area contributed by atoms with E-state index in [9.17, 15) is 26.7 Å². The summed E-state index contributed by atoms with van der Waals surface area (Å²) in [4.78, 5) is 14.9. The van der Waals surface area contributed by atoms with Crippen molar-refractivity contribution in [2.75, 3.05) is 5.32 Å². The normalized spacial score (nSPS) is 11.4. The molecule has 1 aromatic carbocycles. The zero-order valence-electron chi connectivity index (χ0n) is 12.4. The molecule has 0 unspecified atom stereocenters. The summed E-state index contributed by atoms with van der Waals surface area (Å²) in [6, 6.07) is 2.92. The number of rotatable bonds is 5. The molecular formula is C15H11ClF5N3O. The first-order valence-corrected chi connectivity index (χ1v) is 7.12. The SMILES string of the molecule is NC(=O)c1cc(CF)c(CF)cc1Nc1cc(Cl)ncc1C(F)(F)F. The van der Waals surface area contributed by atoms with Crippen LogP contribution in [0.4, 0.5) is 33.3 Å². The monoisotopic (exact) mass is 379 g/mol. The summed E-state index contributed by atoms with van der Waals surface area (Å²) in [6.45, 7) is -2.13. The zero-order valence-corrected chi connectivity index (χ0v) is 13.2. The van der Waals surface area contributed by atoms with Crippen molar-refractivity contribution < 1.29 is 26.7 Å². The van der Waals surface area contributed by atoms with E-state index in [-0.39, 0.29) is 27.5 Å². The Labute approximate surface area is 143 Å². The number of hydrogen-bond acceptors (Lipinski definition) is 3. The maximum atomic E-state index is 13.1. The van der Waals surface area contributed by atoms with Gasteiger partial charge in [-0.15, -0.1) is 0 Å². The maximum absolute atomic E-state index is 13.1. The Hall–Kier alpha value is -2.42. The van der Waals surface area contributed by atoms with Crippen LogP contribution in [0.1, 0.15) is 27.0 Å². The Morgan fingerprint density at radius 3 is 2.24 bits per heavy atom. The quantitative estimate of drug-likeness (QED) is 0.592. The molecule has 0 fully saturated rings. The van der Waals surface area contributed by atoms with Crippen molar-refractivity contribution in [3.05, 3.63) is 51.8 Å². The molecule has 1 heterocycles. The number of hydrogen-bond donors (Lipinski definition) is 2. The van der Waals surface area contributed by atoms with Gasteiger partial charge in [0.05, 0.1) is 22.5 Å². The van der Waals surface area contributed by atoms with Crippen molar-refractivity contribution in [1.82, 2.24) is 4.98 Å². The number of alkyl halides is 5. The van der Waals surface area contributed by atoms with Crippen LogP contribution in [0.5, 0.6) is 0 Å². The van der Waals surface area contributed by atoms with Gasteiger partial charge in [-0.1, -0.05) is 11.6 Å². The van der Waals surface area contributed by atoms with Gasteiger partial charge in [-0.2, -0.15) is 13.2 Å². The van der Waals surface area contributed by atoms with E-state index in [0.717, 1.165) is 18.2 Å². The molecule has 134 valence electrons. The number of anilines is 2. The maximum Gasteiger partial charge on any atom is 0.419 e. The summed E-state index contributed by atoms with van der Waals surface area (Å²) >= 11 is 5.62. The molecular weight excluding hydrogens is 369 g/mol. The van der Waals surface area contributed by atoms with E-state index >= 15 is 0 Å². The van der Waals surface area contributed by atoms with Crippen LogP contribution in [0.2, 0.25) is 5.15 Å². The second kappa shape index (κ2) is 7.22. The number of carbonyl (C=O) groups excluding carboxylic acids is 1. The Morgan fingerprint density at radius 1 is 1.12 bits per heavy atom. The van der Waals surface area contributed by atoms with Crippen molar-refractivity contribution in [1.29, 1.82) is 0 Å². The molecule has 1 amide bonds. The predicted molar refractivity (Wildman–Crippen MR) is 82.1 cm³/mol. The third-order valence-electron chi connectivity index (χ3n) is 3.34. The first-order valence-electron chi connectivity index (χ1n) is 6.74. The zero-order chi connectivity index (χ0) is 18.8. The first kappa shape index (κ1) is 18.9. The van der Waals surface area contributed by atoms with E-state index in [0.29, 0.717) is 6.20 Å². The molecule has 0 spiro atoms. The number of primary amides is 1. The highest BCUT2D eigenvalue weighted by Gasteiger charge is 2.34. The van der Waals surface area contributed by atoms with Crippen molar-refractivity contribution >= 4 is 28.9 Å². The lowest BCUT2D eigenvalue weighted by atomic mass is 10.0. The lowest BCUT2D eigenvalue weighted by molar-refractivity contribution is -0.137. The number of nitrogens with one attached hydrogen (secondary N) is 1. The highest BCUT2D eigenvalue weighted by atomic mass is 35.5. The van der Waals surface area contributed by atoms with E-state index in [4.69, 9.17) is 17.3 Å². The number of halogens is 6. The number of pyridine rings is 1. The molecule has 1 aromatic heterocycles. The van der Waals surface area contributed by atoms with Gasteiger partial charge in [0.2, 0.25) is 0 Å². The van der Waals surface area contributed by atoms with E-state index in [1.165, 1.54) is 0 Å². The second-order valence-electron chi connectivity index (χ2n) is 4.97. The van der Waals surface area contributed by atoms with Gasteiger partial charge < -0.3 is 11.1 Å². The number of carbonyl (C=O) groups is 1. The van der Waals surface area contributed by atoms with Crippen molar-refractivity contribution in [2.24, 2.45) is 5.73 Å². The van der Waals surface area contributed by atoms with Crippen LogP contribution >= 0.6 is 11.6 Å². The Balaban J connectivity index is 2.61. The van der Waals surface area contributed by atoms with E-state index in [1.807, 2.05) is 0 Å². The lowest BCUT2D eigenvalue weighted by Gasteiger charge is -2.17. The average molecular weight is 380 g/mol. The highest BCUT2D eigenvalue weighted by molar-refractivity contribution is 6.29. The summed E-state index contributed by atoms with van der Waals surface area (Å²) in [6.07, 6.45) is -4.24. The summed E-state index contributed by atoms with van der Waals surface area (Å²) in [5, 5.41) is 2.13. The summed E-state index contributed by atoms with van der Waals surface area (Å²) in [5.74, 6) is -1.02. The molecule has 0 aliphatic carbocycles. The average Bonchev–Trinajstić information content (AvgIpc) is 2.53. The molecule has 0 radical (unpaired) electrons.